The third kappa shape index (κ3) is 5.78. The Balaban J connectivity index is 3.08. The van der Waals surface area contributed by atoms with E-state index < -0.39 is 54.5 Å². The van der Waals surface area contributed by atoms with E-state index in [1.807, 2.05) is 0 Å². The molecule has 1 saturated heterocycles. The van der Waals surface area contributed by atoms with E-state index in [-0.39, 0.29) is 6.61 Å². The summed E-state index contributed by atoms with van der Waals surface area (Å²) in [7, 11) is 0. The van der Waals surface area contributed by atoms with E-state index >= 15 is 0 Å². The van der Waals surface area contributed by atoms with E-state index in [0.29, 0.717) is 0 Å². The number of nitrogens with two attached hydrogens (primary N) is 1. The molecule has 5 atom stereocenters. The lowest BCUT2D eigenvalue weighted by atomic mass is 9.97. The van der Waals surface area contributed by atoms with Gasteiger partial charge < -0.3 is 29.4 Å². The lowest BCUT2D eigenvalue weighted by Gasteiger charge is -2.42. The molecule has 10 nitrogen and oxygen atoms in total. The van der Waals surface area contributed by atoms with Crippen LogP contribution in [0, 0.1) is 0 Å². The number of hydrogen-bond donors (Lipinski definition) is 1. The second-order valence-corrected chi connectivity index (χ2v) is 5.18. The number of carbonyl (C=O) groups is 4. The standard InChI is InChI=1S/C14H21NO9/c1-6(16)20-5-10-12(21-7(2)17)13(22-8(3)18)11(15)14(24-10)23-9(4)19/h10-14H,5,15H2,1-4H3/t10-,11-,12+,13-,14+/m1/s1. The van der Waals surface area contributed by atoms with Gasteiger partial charge in [-0.15, -0.1) is 0 Å². The van der Waals surface area contributed by atoms with Crippen LogP contribution >= 0.6 is 0 Å². The van der Waals surface area contributed by atoms with Crippen molar-refractivity contribution in [3.63, 3.8) is 0 Å². The summed E-state index contributed by atoms with van der Waals surface area (Å²) in [4.78, 5) is 44.9. The van der Waals surface area contributed by atoms with Crippen LogP contribution in [0.3, 0.4) is 0 Å². The van der Waals surface area contributed by atoms with Gasteiger partial charge in [0.1, 0.15) is 18.8 Å². The van der Waals surface area contributed by atoms with Crippen molar-refractivity contribution in [1.82, 2.24) is 0 Å². The van der Waals surface area contributed by atoms with Crippen LogP contribution in [0.4, 0.5) is 0 Å². The normalized spacial score (nSPS) is 29.3. The van der Waals surface area contributed by atoms with Crippen molar-refractivity contribution in [3.05, 3.63) is 0 Å². The zero-order valence-electron chi connectivity index (χ0n) is 13.8. The second-order valence-electron chi connectivity index (χ2n) is 5.18. The van der Waals surface area contributed by atoms with Crippen molar-refractivity contribution in [2.24, 2.45) is 5.73 Å². The lowest BCUT2D eigenvalue weighted by Crippen LogP contribution is -2.65. The Kier molecular flexibility index (Phi) is 7.11. The van der Waals surface area contributed by atoms with Crippen LogP contribution in [0.2, 0.25) is 0 Å². The van der Waals surface area contributed by atoms with E-state index in [2.05, 4.69) is 0 Å². The number of ether oxygens (including phenoxy) is 5. The maximum absolute atomic E-state index is 11.3. The number of rotatable bonds is 5. The van der Waals surface area contributed by atoms with Crippen molar-refractivity contribution in [2.75, 3.05) is 6.61 Å². The first-order chi connectivity index (χ1) is 11.1. The first-order valence-corrected chi connectivity index (χ1v) is 7.18. The van der Waals surface area contributed by atoms with Gasteiger partial charge in [0.25, 0.3) is 0 Å². The largest absolute Gasteiger partial charge is 0.463 e. The molecule has 0 saturated carbocycles. The number of carbonyl (C=O) groups excluding carboxylic acids is 4. The fourth-order valence-electron chi connectivity index (χ4n) is 2.20. The molecule has 136 valence electrons. The third-order valence-corrected chi connectivity index (χ3v) is 3.03. The van der Waals surface area contributed by atoms with Crippen LogP contribution in [0.25, 0.3) is 0 Å². The molecule has 0 unspecified atom stereocenters. The molecule has 1 aliphatic rings. The van der Waals surface area contributed by atoms with Crippen LogP contribution in [0.1, 0.15) is 27.7 Å². The van der Waals surface area contributed by atoms with Crippen molar-refractivity contribution in [3.8, 4) is 0 Å². The first kappa shape index (κ1) is 19.8. The van der Waals surface area contributed by atoms with Crippen LogP contribution < -0.4 is 5.73 Å². The van der Waals surface area contributed by atoms with Crippen LogP contribution in [-0.2, 0) is 42.9 Å². The van der Waals surface area contributed by atoms with E-state index in [1.54, 1.807) is 0 Å². The van der Waals surface area contributed by atoms with Gasteiger partial charge in [-0.25, -0.2) is 0 Å². The molecule has 1 heterocycles. The molecule has 0 aromatic rings. The highest BCUT2D eigenvalue weighted by Gasteiger charge is 2.50. The van der Waals surface area contributed by atoms with Crippen molar-refractivity contribution in [1.29, 1.82) is 0 Å². The van der Waals surface area contributed by atoms with E-state index in [0.717, 1.165) is 20.8 Å². The summed E-state index contributed by atoms with van der Waals surface area (Å²) < 4.78 is 25.5. The topological polar surface area (TPSA) is 140 Å². The molecule has 1 rings (SSSR count). The molecular formula is C14H21NO9. The van der Waals surface area contributed by atoms with E-state index in [1.165, 1.54) is 6.92 Å². The highest BCUT2D eigenvalue weighted by atomic mass is 16.7. The molecule has 0 amide bonds. The fourth-order valence-corrected chi connectivity index (χ4v) is 2.20. The van der Waals surface area contributed by atoms with Gasteiger partial charge in [0.05, 0.1) is 0 Å². The summed E-state index contributed by atoms with van der Waals surface area (Å²) in [5, 5.41) is 0. The average molecular weight is 347 g/mol. The molecule has 0 bridgehead atoms. The second kappa shape index (κ2) is 8.60. The molecule has 2 N–H and O–H groups in total. The summed E-state index contributed by atoms with van der Waals surface area (Å²) in [5.74, 6) is -2.62. The molecule has 1 aliphatic heterocycles. The highest BCUT2D eigenvalue weighted by molar-refractivity contribution is 5.68. The summed E-state index contributed by atoms with van der Waals surface area (Å²) in [6.07, 6.45) is -4.58. The molecule has 0 spiro atoms. The maximum Gasteiger partial charge on any atom is 0.304 e. The van der Waals surface area contributed by atoms with Crippen LogP contribution in [0.15, 0.2) is 0 Å². The predicted molar refractivity (Wildman–Crippen MR) is 76.1 cm³/mol. The average Bonchev–Trinajstić information content (AvgIpc) is 2.42. The highest BCUT2D eigenvalue weighted by Crippen LogP contribution is 2.26. The smallest absolute Gasteiger partial charge is 0.304 e. The van der Waals surface area contributed by atoms with Crippen molar-refractivity contribution < 1.29 is 42.9 Å². The molecule has 1 fully saturated rings. The first-order valence-electron chi connectivity index (χ1n) is 7.18. The lowest BCUT2D eigenvalue weighted by molar-refractivity contribution is -0.267. The Morgan fingerprint density at radius 1 is 0.833 bits per heavy atom. The minimum Gasteiger partial charge on any atom is -0.463 e. The minimum atomic E-state index is -1.26. The Hall–Kier alpha value is -2.20. The summed E-state index contributed by atoms with van der Waals surface area (Å²) >= 11 is 0. The number of esters is 4. The van der Waals surface area contributed by atoms with Crippen LogP contribution in [0.5, 0.6) is 0 Å². The number of hydrogen-bond acceptors (Lipinski definition) is 10. The summed E-state index contributed by atoms with van der Waals surface area (Å²) in [6.45, 7) is 4.32. The quantitative estimate of drug-likeness (QED) is 0.487. The van der Waals surface area contributed by atoms with E-state index in [9.17, 15) is 19.2 Å². The molecular weight excluding hydrogens is 326 g/mol. The Labute approximate surface area is 138 Å². The summed E-state index contributed by atoms with van der Waals surface area (Å²) in [5.41, 5.74) is 5.93. The molecule has 0 aliphatic carbocycles. The molecule has 24 heavy (non-hydrogen) atoms. The molecule has 10 heteroatoms. The van der Waals surface area contributed by atoms with Gasteiger partial charge in [-0.3, -0.25) is 19.2 Å². The van der Waals surface area contributed by atoms with Gasteiger partial charge in [0, 0.05) is 27.7 Å². The minimum absolute atomic E-state index is 0.310. The predicted octanol–water partition coefficient (Wildman–Crippen LogP) is -0.972. The molecule has 0 aromatic carbocycles. The van der Waals surface area contributed by atoms with Crippen molar-refractivity contribution in [2.45, 2.75) is 58.3 Å². The van der Waals surface area contributed by atoms with Crippen LogP contribution in [-0.4, -0.2) is 61.1 Å². The third-order valence-electron chi connectivity index (χ3n) is 3.03. The van der Waals surface area contributed by atoms with Gasteiger partial charge in [-0.05, 0) is 0 Å². The monoisotopic (exact) mass is 347 g/mol. The maximum atomic E-state index is 11.3. The Morgan fingerprint density at radius 2 is 1.33 bits per heavy atom. The SMILES string of the molecule is CC(=O)OC[C@H]1O[C@H](OC(C)=O)[C@H](N)[C@@H](OC(C)=O)[C@H]1OC(C)=O. The van der Waals surface area contributed by atoms with E-state index in [4.69, 9.17) is 29.4 Å². The fraction of sp³-hybridized carbons (Fsp3) is 0.714. The van der Waals surface area contributed by atoms with Gasteiger partial charge in [-0.2, -0.15) is 0 Å². The van der Waals surface area contributed by atoms with Gasteiger partial charge in [0.15, 0.2) is 12.2 Å². The zero-order chi connectivity index (χ0) is 18.4. The Morgan fingerprint density at radius 3 is 1.79 bits per heavy atom. The summed E-state index contributed by atoms with van der Waals surface area (Å²) in [6, 6.07) is -1.10. The molecule has 0 aromatic heterocycles. The Bertz CT molecular complexity index is 490. The van der Waals surface area contributed by atoms with Gasteiger partial charge in [-0.1, -0.05) is 0 Å². The molecule has 0 radical (unpaired) electrons. The van der Waals surface area contributed by atoms with Gasteiger partial charge in [0.2, 0.25) is 6.29 Å². The zero-order valence-corrected chi connectivity index (χ0v) is 13.8. The van der Waals surface area contributed by atoms with Crippen molar-refractivity contribution >= 4 is 23.9 Å². The van der Waals surface area contributed by atoms with Gasteiger partial charge >= 0.3 is 23.9 Å².